The first-order valence-corrected chi connectivity index (χ1v) is 8.35. The van der Waals surface area contributed by atoms with Crippen molar-refractivity contribution < 1.29 is 8.42 Å². The molecular formula is C13H18ClNO2S. The van der Waals surface area contributed by atoms with Gasteiger partial charge in [-0.25, -0.2) is 8.42 Å². The van der Waals surface area contributed by atoms with Crippen molar-refractivity contribution in [1.29, 1.82) is 0 Å². The molecule has 100 valence electrons. The van der Waals surface area contributed by atoms with Gasteiger partial charge in [-0.15, -0.1) is 0 Å². The van der Waals surface area contributed by atoms with Gasteiger partial charge in [-0.2, -0.15) is 0 Å². The molecule has 0 aliphatic carbocycles. The van der Waals surface area contributed by atoms with E-state index in [2.05, 4.69) is 5.32 Å². The summed E-state index contributed by atoms with van der Waals surface area (Å²) in [5.74, 6) is 0.761. The van der Waals surface area contributed by atoms with Crippen LogP contribution < -0.4 is 5.32 Å². The van der Waals surface area contributed by atoms with Crippen molar-refractivity contribution in [3.63, 3.8) is 0 Å². The standard InChI is InChI=1S/C13H18ClNO2S/c1-15-13(10-4-6-12(14)7-5-10)11-3-2-8-18(16,17)9-11/h4-7,11,13,15H,2-3,8-9H2,1H3. The summed E-state index contributed by atoms with van der Waals surface area (Å²) in [6.45, 7) is 0. The van der Waals surface area contributed by atoms with E-state index in [4.69, 9.17) is 11.6 Å². The maximum Gasteiger partial charge on any atom is 0.150 e. The maximum atomic E-state index is 11.7. The molecule has 2 rings (SSSR count). The Balaban J connectivity index is 2.20. The number of sulfone groups is 1. The zero-order valence-corrected chi connectivity index (χ0v) is 12.0. The monoisotopic (exact) mass is 287 g/mol. The molecule has 1 aromatic rings. The molecule has 2 atom stereocenters. The zero-order chi connectivity index (χ0) is 13.2. The van der Waals surface area contributed by atoms with Crippen LogP contribution in [0.5, 0.6) is 0 Å². The van der Waals surface area contributed by atoms with Gasteiger partial charge >= 0.3 is 0 Å². The van der Waals surface area contributed by atoms with E-state index in [0.717, 1.165) is 18.4 Å². The van der Waals surface area contributed by atoms with E-state index >= 15 is 0 Å². The Morgan fingerprint density at radius 1 is 1.33 bits per heavy atom. The van der Waals surface area contributed by atoms with Crippen LogP contribution in [0.15, 0.2) is 24.3 Å². The second-order valence-electron chi connectivity index (χ2n) is 4.83. The van der Waals surface area contributed by atoms with Gasteiger partial charge in [-0.3, -0.25) is 0 Å². The van der Waals surface area contributed by atoms with Crippen LogP contribution >= 0.6 is 11.6 Å². The van der Waals surface area contributed by atoms with Gasteiger partial charge in [-0.05, 0) is 43.5 Å². The summed E-state index contributed by atoms with van der Waals surface area (Å²) < 4.78 is 23.4. The quantitative estimate of drug-likeness (QED) is 0.929. The van der Waals surface area contributed by atoms with Crippen molar-refractivity contribution in [2.24, 2.45) is 5.92 Å². The molecule has 1 aromatic carbocycles. The van der Waals surface area contributed by atoms with Crippen LogP contribution in [-0.4, -0.2) is 27.0 Å². The van der Waals surface area contributed by atoms with Gasteiger partial charge in [0.15, 0.2) is 9.84 Å². The lowest BCUT2D eigenvalue weighted by atomic mass is 9.91. The van der Waals surface area contributed by atoms with Crippen molar-refractivity contribution >= 4 is 21.4 Å². The first kappa shape index (κ1) is 13.8. The molecule has 0 spiro atoms. The molecule has 1 N–H and O–H groups in total. The van der Waals surface area contributed by atoms with Crippen LogP contribution in [0.25, 0.3) is 0 Å². The summed E-state index contributed by atoms with van der Waals surface area (Å²) >= 11 is 5.87. The molecule has 18 heavy (non-hydrogen) atoms. The highest BCUT2D eigenvalue weighted by atomic mass is 35.5. The smallest absolute Gasteiger partial charge is 0.150 e. The van der Waals surface area contributed by atoms with Crippen LogP contribution in [0, 0.1) is 5.92 Å². The second-order valence-corrected chi connectivity index (χ2v) is 7.50. The molecular weight excluding hydrogens is 270 g/mol. The first-order chi connectivity index (χ1) is 8.52. The van der Waals surface area contributed by atoms with E-state index in [1.807, 2.05) is 31.3 Å². The SMILES string of the molecule is CNC(c1ccc(Cl)cc1)C1CCCS(=O)(=O)C1. The van der Waals surface area contributed by atoms with E-state index in [1.165, 1.54) is 0 Å². The summed E-state index contributed by atoms with van der Waals surface area (Å²) in [6.07, 6.45) is 1.71. The largest absolute Gasteiger partial charge is 0.313 e. The average molecular weight is 288 g/mol. The molecule has 1 fully saturated rings. The predicted molar refractivity (Wildman–Crippen MR) is 74.6 cm³/mol. The Morgan fingerprint density at radius 2 is 2.00 bits per heavy atom. The number of nitrogens with one attached hydrogen (secondary N) is 1. The van der Waals surface area contributed by atoms with E-state index in [-0.39, 0.29) is 17.7 Å². The third-order valence-corrected chi connectivity index (χ3v) is 5.61. The number of rotatable bonds is 3. The third kappa shape index (κ3) is 3.25. The average Bonchev–Trinajstić information content (AvgIpc) is 2.31. The van der Waals surface area contributed by atoms with Gasteiger partial charge in [0.2, 0.25) is 0 Å². The van der Waals surface area contributed by atoms with Gasteiger partial charge in [-0.1, -0.05) is 23.7 Å². The molecule has 1 aliphatic heterocycles. The number of hydrogen-bond donors (Lipinski definition) is 1. The second kappa shape index (κ2) is 5.59. The van der Waals surface area contributed by atoms with Crippen molar-refractivity contribution in [3.05, 3.63) is 34.9 Å². The molecule has 1 saturated heterocycles. The van der Waals surface area contributed by atoms with Crippen LogP contribution in [0.4, 0.5) is 0 Å². The lowest BCUT2D eigenvalue weighted by molar-refractivity contribution is 0.373. The highest BCUT2D eigenvalue weighted by Crippen LogP contribution is 2.31. The Morgan fingerprint density at radius 3 is 2.56 bits per heavy atom. The molecule has 1 heterocycles. The van der Waals surface area contributed by atoms with Gasteiger partial charge in [0.05, 0.1) is 11.5 Å². The highest BCUT2D eigenvalue weighted by Gasteiger charge is 2.30. The van der Waals surface area contributed by atoms with Crippen molar-refractivity contribution in [2.75, 3.05) is 18.6 Å². The van der Waals surface area contributed by atoms with E-state index in [0.29, 0.717) is 10.8 Å². The Kier molecular flexibility index (Phi) is 4.30. The lowest BCUT2D eigenvalue weighted by Crippen LogP contribution is -2.34. The fourth-order valence-electron chi connectivity index (χ4n) is 2.67. The molecule has 1 aliphatic rings. The number of hydrogen-bond acceptors (Lipinski definition) is 3. The minimum Gasteiger partial charge on any atom is -0.313 e. The minimum atomic E-state index is -2.87. The fourth-order valence-corrected chi connectivity index (χ4v) is 4.58. The van der Waals surface area contributed by atoms with E-state index in [9.17, 15) is 8.42 Å². The van der Waals surface area contributed by atoms with Gasteiger partial charge in [0.25, 0.3) is 0 Å². The molecule has 0 saturated carbocycles. The molecule has 5 heteroatoms. The number of benzene rings is 1. The third-order valence-electron chi connectivity index (χ3n) is 3.51. The Bertz CT molecular complexity index is 498. The normalized spacial score (nSPS) is 24.7. The van der Waals surface area contributed by atoms with Crippen LogP contribution in [0.2, 0.25) is 5.02 Å². The summed E-state index contributed by atoms with van der Waals surface area (Å²) in [5.41, 5.74) is 1.10. The Hall–Kier alpha value is -0.580. The summed E-state index contributed by atoms with van der Waals surface area (Å²) in [4.78, 5) is 0. The van der Waals surface area contributed by atoms with Crippen molar-refractivity contribution in [3.8, 4) is 0 Å². The van der Waals surface area contributed by atoms with Gasteiger partial charge in [0, 0.05) is 11.1 Å². The van der Waals surface area contributed by atoms with E-state index < -0.39 is 9.84 Å². The molecule has 0 bridgehead atoms. The molecule has 0 amide bonds. The molecule has 0 radical (unpaired) electrons. The van der Waals surface area contributed by atoms with E-state index in [1.54, 1.807) is 0 Å². The molecule has 3 nitrogen and oxygen atoms in total. The highest BCUT2D eigenvalue weighted by molar-refractivity contribution is 7.91. The van der Waals surface area contributed by atoms with Crippen LogP contribution in [0.1, 0.15) is 24.4 Å². The summed E-state index contributed by atoms with van der Waals surface area (Å²) in [7, 11) is -0.994. The zero-order valence-electron chi connectivity index (χ0n) is 10.4. The molecule has 0 aromatic heterocycles. The Labute approximate surface area is 113 Å². The lowest BCUT2D eigenvalue weighted by Gasteiger charge is -2.30. The van der Waals surface area contributed by atoms with Crippen molar-refractivity contribution in [1.82, 2.24) is 5.32 Å². The van der Waals surface area contributed by atoms with Gasteiger partial charge in [0.1, 0.15) is 0 Å². The summed E-state index contributed by atoms with van der Waals surface area (Å²) in [6, 6.07) is 7.70. The van der Waals surface area contributed by atoms with Crippen LogP contribution in [-0.2, 0) is 9.84 Å². The van der Waals surface area contributed by atoms with Gasteiger partial charge < -0.3 is 5.32 Å². The maximum absolute atomic E-state index is 11.7. The summed E-state index contributed by atoms with van der Waals surface area (Å²) in [5, 5.41) is 3.94. The fraction of sp³-hybridized carbons (Fsp3) is 0.538. The predicted octanol–water partition coefficient (Wildman–Crippen LogP) is 2.43. The van der Waals surface area contributed by atoms with Crippen molar-refractivity contribution in [2.45, 2.75) is 18.9 Å². The first-order valence-electron chi connectivity index (χ1n) is 6.15. The number of halogens is 1. The van der Waals surface area contributed by atoms with Crippen LogP contribution in [0.3, 0.4) is 0 Å². The topological polar surface area (TPSA) is 46.2 Å². The molecule has 2 unspecified atom stereocenters. The minimum absolute atomic E-state index is 0.0809.